The highest BCUT2D eigenvalue weighted by atomic mass is 79.9. The zero-order valence-electron chi connectivity index (χ0n) is 10.3. The van der Waals surface area contributed by atoms with Crippen LogP contribution in [0.25, 0.3) is 0 Å². The molecule has 0 aliphatic rings. The lowest BCUT2D eigenvalue weighted by Crippen LogP contribution is -2.17. The Morgan fingerprint density at radius 1 is 1.33 bits per heavy atom. The molecule has 2 N–H and O–H groups in total. The topological polar surface area (TPSA) is 43.8 Å². The highest BCUT2D eigenvalue weighted by Crippen LogP contribution is 2.28. The van der Waals surface area contributed by atoms with Gasteiger partial charge in [-0.1, -0.05) is 28.1 Å². The molecule has 5 heteroatoms. The molecule has 0 aliphatic carbocycles. The first-order valence-corrected chi connectivity index (χ1v) is 7.36. The van der Waals surface area contributed by atoms with E-state index in [1.165, 1.54) is 5.56 Å². The van der Waals surface area contributed by atoms with Crippen molar-refractivity contribution < 1.29 is 0 Å². The van der Waals surface area contributed by atoms with Crippen molar-refractivity contribution in [2.75, 3.05) is 0 Å². The zero-order chi connectivity index (χ0) is 13.3. The van der Waals surface area contributed by atoms with Crippen molar-refractivity contribution in [2.45, 2.75) is 26.4 Å². The van der Waals surface area contributed by atoms with E-state index in [4.69, 9.17) is 5.73 Å². The first-order chi connectivity index (χ1) is 8.54. The van der Waals surface area contributed by atoms with E-state index in [1.807, 2.05) is 16.8 Å². The molecular formula is C13H15Br2N3. The van der Waals surface area contributed by atoms with Gasteiger partial charge in [0.1, 0.15) is 0 Å². The van der Waals surface area contributed by atoms with Crippen LogP contribution in [0.5, 0.6) is 0 Å². The summed E-state index contributed by atoms with van der Waals surface area (Å²) in [7, 11) is 0. The maximum atomic E-state index is 6.35. The molecule has 96 valence electrons. The van der Waals surface area contributed by atoms with Gasteiger partial charge < -0.3 is 5.73 Å². The van der Waals surface area contributed by atoms with Crippen LogP contribution in [0, 0.1) is 6.92 Å². The molecule has 18 heavy (non-hydrogen) atoms. The number of hydrogen-bond acceptors (Lipinski definition) is 2. The third-order valence-corrected chi connectivity index (χ3v) is 4.47. The Labute approximate surface area is 124 Å². The minimum absolute atomic E-state index is 0.173. The van der Waals surface area contributed by atoms with Crippen molar-refractivity contribution in [1.82, 2.24) is 9.78 Å². The summed E-state index contributed by atoms with van der Waals surface area (Å²) in [4.78, 5) is 0. The van der Waals surface area contributed by atoms with Gasteiger partial charge in [-0.25, -0.2) is 0 Å². The highest BCUT2D eigenvalue weighted by Gasteiger charge is 2.18. The van der Waals surface area contributed by atoms with Crippen LogP contribution >= 0.6 is 31.9 Å². The zero-order valence-corrected chi connectivity index (χ0v) is 13.5. The van der Waals surface area contributed by atoms with Crippen LogP contribution in [0.4, 0.5) is 0 Å². The van der Waals surface area contributed by atoms with Gasteiger partial charge in [0, 0.05) is 11.0 Å². The maximum Gasteiger partial charge on any atom is 0.0738 e. The number of rotatable bonds is 3. The van der Waals surface area contributed by atoms with Crippen LogP contribution in [-0.2, 0) is 6.54 Å². The molecule has 0 amide bonds. The molecule has 0 saturated carbocycles. The van der Waals surface area contributed by atoms with Crippen LogP contribution in [0.2, 0.25) is 0 Å². The van der Waals surface area contributed by atoms with Gasteiger partial charge in [-0.15, -0.1) is 0 Å². The Kier molecular flexibility index (Phi) is 4.25. The van der Waals surface area contributed by atoms with E-state index in [0.717, 1.165) is 26.7 Å². The molecule has 2 aromatic rings. The SMILES string of the molecule is CCn1ncc(Br)c1C(N)c1ccc(Br)c(C)c1. The lowest BCUT2D eigenvalue weighted by atomic mass is 10.0. The first-order valence-electron chi connectivity index (χ1n) is 5.77. The van der Waals surface area contributed by atoms with Gasteiger partial charge >= 0.3 is 0 Å². The Morgan fingerprint density at radius 2 is 2.06 bits per heavy atom. The Balaban J connectivity index is 2.44. The van der Waals surface area contributed by atoms with Crippen molar-refractivity contribution in [3.8, 4) is 0 Å². The molecule has 0 spiro atoms. The minimum Gasteiger partial charge on any atom is -0.319 e. The lowest BCUT2D eigenvalue weighted by molar-refractivity contribution is 0.599. The average Bonchev–Trinajstić information content (AvgIpc) is 2.73. The molecule has 3 nitrogen and oxygen atoms in total. The van der Waals surface area contributed by atoms with Gasteiger partial charge in [0.25, 0.3) is 0 Å². The normalized spacial score (nSPS) is 12.7. The van der Waals surface area contributed by atoms with E-state index in [1.54, 1.807) is 6.20 Å². The fourth-order valence-electron chi connectivity index (χ4n) is 1.95. The number of benzene rings is 1. The van der Waals surface area contributed by atoms with Gasteiger partial charge in [-0.05, 0) is 47.0 Å². The predicted molar refractivity (Wildman–Crippen MR) is 80.5 cm³/mol. The van der Waals surface area contributed by atoms with E-state index in [0.29, 0.717) is 0 Å². The second-order valence-electron chi connectivity index (χ2n) is 4.18. The summed E-state index contributed by atoms with van der Waals surface area (Å²) in [6.07, 6.45) is 1.80. The fourth-order valence-corrected chi connectivity index (χ4v) is 2.74. The summed E-state index contributed by atoms with van der Waals surface area (Å²) in [6, 6.07) is 6.01. The second-order valence-corrected chi connectivity index (χ2v) is 5.89. The summed E-state index contributed by atoms with van der Waals surface area (Å²) in [6.45, 7) is 4.93. The number of aryl methyl sites for hydroxylation is 2. The standard InChI is InChI=1S/C13H15Br2N3/c1-3-18-13(11(15)7-17-18)12(16)9-4-5-10(14)8(2)6-9/h4-7,12H,3,16H2,1-2H3. The quantitative estimate of drug-likeness (QED) is 0.890. The Bertz CT molecular complexity index is 563. The smallest absolute Gasteiger partial charge is 0.0738 e. The van der Waals surface area contributed by atoms with Crippen molar-refractivity contribution >= 4 is 31.9 Å². The van der Waals surface area contributed by atoms with Crippen LogP contribution < -0.4 is 5.73 Å². The lowest BCUT2D eigenvalue weighted by Gasteiger charge is -2.15. The number of nitrogens with two attached hydrogens (primary N) is 1. The van der Waals surface area contributed by atoms with Crippen molar-refractivity contribution in [1.29, 1.82) is 0 Å². The number of aromatic nitrogens is 2. The third-order valence-electron chi connectivity index (χ3n) is 2.97. The second kappa shape index (κ2) is 5.55. The van der Waals surface area contributed by atoms with Crippen LogP contribution in [0.1, 0.15) is 29.8 Å². The predicted octanol–water partition coefficient (Wildman–Crippen LogP) is 3.78. The number of hydrogen-bond donors (Lipinski definition) is 1. The molecule has 0 bridgehead atoms. The van der Waals surface area contributed by atoms with Gasteiger partial charge in [0.15, 0.2) is 0 Å². The maximum absolute atomic E-state index is 6.35. The van der Waals surface area contributed by atoms with E-state index in [2.05, 4.69) is 56.9 Å². The van der Waals surface area contributed by atoms with Crippen LogP contribution in [-0.4, -0.2) is 9.78 Å². The summed E-state index contributed by atoms with van der Waals surface area (Å²) < 4.78 is 3.98. The molecule has 2 rings (SSSR count). The summed E-state index contributed by atoms with van der Waals surface area (Å²) in [5.74, 6) is 0. The molecule has 0 fully saturated rings. The monoisotopic (exact) mass is 371 g/mol. The van der Waals surface area contributed by atoms with E-state index in [-0.39, 0.29) is 6.04 Å². The van der Waals surface area contributed by atoms with Gasteiger partial charge in [-0.2, -0.15) is 5.10 Å². The van der Waals surface area contributed by atoms with E-state index < -0.39 is 0 Å². The molecule has 1 aromatic carbocycles. The van der Waals surface area contributed by atoms with E-state index >= 15 is 0 Å². The van der Waals surface area contributed by atoms with Gasteiger partial charge in [0.2, 0.25) is 0 Å². The van der Waals surface area contributed by atoms with Crippen LogP contribution in [0.3, 0.4) is 0 Å². The average molecular weight is 373 g/mol. The minimum atomic E-state index is -0.173. The molecule has 0 saturated heterocycles. The largest absolute Gasteiger partial charge is 0.319 e. The molecule has 0 aliphatic heterocycles. The van der Waals surface area contributed by atoms with Crippen molar-refractivity contribution in [3.05, 3.63) is 50.2 Å². The Hall–Kier alpha value is -0.650. The first kappa shape index (κ1) is 13.8. The van der Waals surface area contributed by atoms with E-state index in [9.17, 15) is 0 Å². The molecular weight excluding hydrogens is 358 g/mol. The molecule has 0 radical (unpaired) electrons. The molecule has 1 unspecified atom stereocenters. The molecule has 1 heterocycles. The number of nitrogens with zero attached hydrogens (tertiary/aromatic N) is 2. The van der Waals surface area contributed by atoms with Crippen molar-refractivity contribution in [2.24, 2.45) is 5.73 Å². The number of halogens is 2. The summed E-state index contributed by atoms with van der Waals surface area (Å²) in [5, 5.41) is 4.30. The highest BCUT2D eigenvalue weighted by molar-refractivity contribution is 9.10. The summed E-state index contributed by atoms with van der Waals surface area (Å²) in [5.41, 5.74) is 9.64. The van der Waals surface area contributed by atoms with Gasteiger partial charge in [0.05, 0.1) is 22.4 Å². The fraction of sp³-hybridized carbons (Fsp3) is 0.308. The third kappa shape index (κ3) is 2.53. The van der Waals surface area contributed by atoms with Crippen LogP contribution in [0.15, 0.2) is 33.3 Å². The Morgan fingerprint density at radius 3 is 2.67 bits per heavy atom. The molecule has 1 aromatic heterocycles. The van der Waals surface area contributed by atoms with Crippen molar-refractivity contribution in [3.63, 3.8) is 0 Å². The van der Waals surface area contributed by atoms with Gasteiger partial charge in [-0.3, -0.25) is 4.68 Å². The molecule has 1 atom stereocenters. The summed E-state index contributed by atoms with van der Waals surface area (Å²) >= 11 is 7.02.